The van der Waals surface area contributed by atoms with E-state index in [0.717, 1.165) is 23.4 Å². The van der Waals surface area contributed by atoms with Crippen LogP contribution in [0.4, 0.5) is 5.82 Å². The molecule has 1 aliphatic rings. The molecule has 1 aliphatic carbocycles. The van der Waals surface area contributed by atoms with Crippen LogP contribution in [0.5, 0.6) is 0 Å². The highest BCUT2D eigenvalue weighted by molar-refractivity contribution is 5.94. The summed E-state index contributed by atoms with van der Waals surface area (Å²) in [6.07, 6.45) is 7.82. The van der Waals surface area contributed by atoms with E-state index < -0.39 is 0 Å². The summed E-state index contributed by atoms with van der Waals surface area (Å²) in [5.74, 6) is 1.60. The Morgan fingerprint density at radius 1 is 1.14 bits per heavy atom. The molecular weight excluding hydrogens is 452 g/mol. The number of carbonyl (C=O) groups is 2. The van der Waals surface area contributed by atoms with Gasteiger partial charge in [-0.1, -0.05) is 64.7 Å². The maximum absolute atomic E-state index is 13.3. The van der Waals surface area contributed by atoms with E-state index in [9.17, 15) is 9.59 Å². The number of aryl methyl sites for hydroxylation is 1. The quantitative estimate of drug-likeness (QED) is 0.398. The predicted octanol–water partition coefficient (Wildman–Crippen LogP) is 6.01. The van der Waals surface area contributed by atoms with Gasteiger partial charge in [-0.3, -0.25) is 9.59 Å². The standard InChI is InChI=1S/C29H38N4O3/c1-21-10-5-8-14-24(21)33-26(18-25(31-33)29(2,3)4)30-27(34)20-32(19-23-13-9-17-36-23)28(35)16-15-22-11-6-7-12-22/h5,8-10,13-14,17-18,22H,6-7,11-12,15-16,19-20H2,1-4H3,(H,30,34). The first-order valence-electron chi connectivity index (χ1n) is 13.0. The molecule has 2 aromatic heterocycles. The van der Waals surface area contributed by atoms with Gasteiger partial charge in [0.1, 0.15) is 18.1 Å². The third kappa shape index (κ3) is 6.45. The van der Waals surface area contributed by atoms with Crippen molar-refractivity contribution < 1.29 is 14.0 Å². The molecule has 0 unspecified atom stereocenters. The van der Waals surface area contributed by atoms with Crippen LogP contribution >= 0.6 is 0 Å². The Labute approximate surface area is 213 Å². The van der Waals surface area contributed by atoms with Crippen LogP contribution < -0.4 is 5.32 Å². The molecule has 4 rings (SSSR count). The van der Waals surface area contributed by atoms with E-state index in [1.165, 1.54) is 25.7 Å². The van der Waals surface area contributed by atoms with E-state index in [2.05, 4.69) is 26.1 Å². The van der Waals surface area contributed by atoms with Gasteiger partial charge in [0.2, 0.25) is 11.8 Å². The van der Waals surface area contributed by atoms with Crippen molar-refractivity contribution in [3.05, 3.63) is 65.7 Å². The topological polar surface area (TPSA) is 80.4 Å². The largest absolute Gasteiger partial charge is 0.467 e. The van der Waals surface area contributed by atoms with Crippen molar-refractivity contribution in [2.75, 3.05) is 11.9 Å². The number of hydrogen-bond donors (Lipinski definition) is 1. The number of furan rings is 1. The Bertz CT molecular complexity index is 1170. The number of anilines is 1. The second-order valence-electron chi connectivity index (χ2n) is 10.9. The molecule has 2 heterocycles. The summed E-state index contributed by atoms with van der Waals surface area (Å²) in [4.78, 5) is 28.0. The third-order valence-electron chi connectivity index (χ3n) is 6.94. The molecule has 0 radical (unpaired) electrons. The summed E-state index contributed by atoms with van der Waals surface area (Å²) in [6, 6.07) is 13.5. The monoisotopic (exact) mass is 490 g/mol. The van der Waals surface area contributed by atoms with Crippen LogP contribution in [0.1, 0.15) is 76.3 Å². The zero-order chi connectivity index (χ0) is 25.7. The predicted molar refractivity (Wildman–Crippen MR) is 141 cm³/mol. The van der Waals surface area contributed by atoms with Crippen LogP contribution in [-0.2, 0) is 21.5 Å². The Balaban J connectivity index is 1.52. The molecule has 0 saturated heterocycles. The number of benzene rings is 1. The molecule has 36 heavy (non-hydrogen) atoms. The number of aromatic nitrogens is 2. The van der Waals surface area contributed by atoms with Crippen LogP contribution in [0.3, 0.4) is 0 Å². The molecule has 1 fully saturated rings. The minimum atomic E-state index is -0.258. The van der Waals surface area contributed by atoms with E-state index in [1.54, 1.807) is 21.9 Å². The first kappa shape index (κ1) is 25.7. The summed E-state index contributed by atoms with van der Waals surface area (Å²) in [7, 11) is 0. The van der Waals surface area contributed by atoms with Crippen molar-refractivity contribution in [2.24, 2.45) is 5.92 Å². The fourth-order valence-electron chi connectivity index (χ4n) is 4.78. The van der Waals surface area contributed by atoms with E-state index in [0.29, 0.717) is 23.9 Å². The van der Waals surface area contributed by atoms with E-state index >= 15 is 0 Å². The normalized spacial score (nSPS) is 14.2. The van der Waals surface area contributed by atoms with Gasteiger partial charge in [0.25, 0.3) is 0 Å². The lowest BCUT2D eigenvalue weighted by atomic mass is 9.92. The van der Waals surface area contributed by atoms with E-state index in [4.69, 9.17) is 9.52 Å². The Hall–Kier alpha value is -3.35. The summed E-state index contributed by atoms with van der Waals surface area (Å²) in [5, 5.41) is 7.85. The molecule has 0 spiro atoms. The molecular formula is C29H38N4O3. The molecule has 7 heteroatoms. The van der Waals surface area contributed by atoms with Crippen LogP contribution in [-0.4, -0.2) is 33.0 Å². The summed E-state index contributed by atoms with van der Waals surface area (Å²) in [6.45, 7) is 8.53. The molecule has 7 nitrogen and oxygen atoms in total. The average molecular weight is 491 g/mol. The molecule has 1 aromatic carbocycles. The van der Waals surface area contributed by atoms with Gasteiger partial charge in [-0.15, -0.1) is 0 Å². The third-order valence-corrected chi connectivity index (χ3v) is 6.94. The van der Waals surface area contributed by atoms with Crippen LogP contribution in [0.15, 0.2) is 53.1 Å². The van der Waals surface area contributed by atoms with Gasteiger partial charge in [0, 0.05) is 17.9 Å². The number of nitrogens with zero attached hydrogens (tertiary/aromatic N) is 3. The minimum absolute atomic E-state index is 0.0174. The molecule has 0 atom stereocenters. The first-order valence-corrected chi connectivity index (χ1v) is 13.0. The summed E-state index contributed by atoms with van der Waals surface area (Å²) < 4.78 is 7.27. The lowest BCUT2D eigenvalue weighted by Crippen LogP contribution is -2.37. The average Bonchev–Trinajstić information content (AvgIpc) is 3.59. The smallest absolute Gasteiger partial charge is 0.245 e. The van der Waals surface area contributed by atoms with Gasteiger partial charge >= 0.3 is 0 Å². The van der Waals surface area contributed by atoms with Crippen molar-refractivity contribution in [1.29, 1.82) is 0 Å². The van der Waals surface area contributed by atoms with Gasteiger partial charge in [-0.2, -0.15) is 5.10 Å². The Morgan fingerprint density at radius 3 is 2.56 bits per heavy atom. The van der Waals surface area contributed by atoms with Crippen LogP contribution in [0.25, 0.3) is 5.69 Å². The number of nitrogens with one attached hydrogen (secondary N) is 1. The molecule has 192 valence electrons. The second kappa shape index (κ2) is 11.1. The van der Waals surface area contributed by atoms with Crippen LogP contribution in [0, 0.1) is 12.8 Å². The number of para-hydroxylation sites is 1. The molecule has 3 aromatic rings. The molecule has 0 aliphatic heterocycles. The fraction of sp³-hybridized carbons (Fsp3) is 0.483. The van der Waals surface area contributed by atoms with Gasteiger partial charge in [-0.25, -0.2) is 4.68 Å². The zero-order valence-electron chi connectivity index (χ0n) is 21.9. The molecule has 1 saturated carbocycles. The zero-order valence-corrected chi connectivity index (χ0v) is 21.9. The maximum atomic E-state index is 13.3. The first-order chi connectivity index (χ1) is 17.2. The highest BCUT2D eigenvalue weighted by Crippen LogP contribution is 2.29. The molecule has 2 amide bonds. The SMILES string of the molecule is Cc1ccccc1-n1nc(C(C)(C)C)cc1NC(=O)CN(Cc1ccco1)C(=O)CCC1CCCC1. The van der Waals surface area contributed by atoms with Gasteiger partial charge in [0.05, 0.1) is 24.2 Å². The van der Waals surface area contributed by atoms with Crippen LogP contribution in [0.2, 0.25) is 0 Å². The number of amides is 2. The highest BCUT2D eigenvalue weighted by Gasteiger charge is 2.25. The lowest BCUT2D eigenvalue weighted by Gasteiger charge is -2.22. The highest BCUT2D eigenvalue weighted by atomic mass is 16.3. The number of carbonyl (C=O) groups excluding carboxylic acids is 2. The van der Waals surface area contributed by atoms with E-state index in [-0.39, 0.29) is 30.3 Å². The lowest BCUT2D eigenvalue weighted by molar-refractivity contribution is -0.135. The number of rotatable bonds is 9. The maximum Gasteiger partial charge on any atom is 0.245 e. The fourth-order valence-corrected chi connectivity index (χ4v) is 4.78. The van der Waals surface area contributed by atoms with Crippen molar-refractivity contribution in [3.63, 3.8) is 0 Å². The van der Waals surface area contributed by atoms with Gasteiger partial charge in [0.15, 0.2) is 0 Å². The van der Waals surface area contributed by atoms with Crippen molar-refractivity contribution >= 4 is 17.6 Å². The van der Waals surface area contributed by atoms with E-state index in [1.807, 2.05) is 43.3 Å². The van der Waals surface area contributed by atoms with Gasteiger partial charge < -0.3 is 14.6 Å². The molecule has 1 N–H and O–H groups in total. The van der Waals surface area contributed by atoms with Gasteiger partial charge in [-0.05, 0) is 43.0 Å². The van der Waals surface area contributed by atoms with Crippen molar-refractivity contribution in [1.82, 2.24) is 14.7 Å². The second-order valence-corrected chi connectivity index (χ2v) is 10.9. The minimum Gasteiger partial charge on any atom is -0.467 e. The van der Waals surface area contributed by atoms with Crippen molar-refractivity contribution in [2.45, 2.75) is 78.2 Å². The van der Waals surface area contributed by atoms with Crippen molar-refractivity contribution in [3.8, 4) is 5.69 Å². The number of hydrogen-bond acceptors (Lipinski definition) is 4. The Morgan fingerprint density at radius 2 is 1.89 bits per heavy atom. The molecule has 0 bridgehead atoms. The summed E-state index contributed by atoms with van der Waals surface area (Å²) >= 11 is 0. The Kier molecular flexibility index (Phi) is 7.97. The summed E-state index contributed by atoms with van der Waals surface area (Å²) in [5.41, 5.74) is 2.65.